The molecular formula is C18H19N3O3S2. The van der Waals surface area contributed by atoms with Gasteiger partial charge in [0.25, 0.3) is 0 Å². The van der Waals surface area contributed by atoms with Crippen LogP contribution in [0, 0.1) is 0 Å². The van der Waals surface area contributed by atoms with Crippen LogP contribution < -0.4 is 9.46 Å². The number of pyridine rings is 1. The Bertz CT molecular complexity index is 939. The average Bonchev–Trinajstić information content (AvgIpc) is 3.12. The smallest absolute Gasteiger partial charge is 0.240 e. The summed E-state index contributed by atoms with van der Waals surface area (Å²) >= 11 is 1.51. The molecule has 0 bridgehead atoms. The predicted octanol–water partition coefficient (Wildman–Crippen LogP) is 3.12. The van der Waals surface area contributed by atoms with E-state index >= 15 is 0 Å². The first-order valence-electron chi connectivity index (χ1n) is 8.16. The minimum atomic E-state index is -3.55. The molecule has 1 aromatic carbocycles. The van der Waals surface area contributed by atoms with Gasteiger partial charge in [0.1, 0.15) is 5.75 Å². The van der Waals surface area contributed by atoms with Crippen molar-refractivity contribution < 1.29 is 13.2 Å². The lowest BCUT2D eigenvalue weighted by Crippen LogP contribution is -2.25. The summed E-state index contributed by atoms with van der Waals surface area (Å²) in [6.07, 6.45) is 4.00. The highest BCUT2D eigenvalue weighted by Crippen LogP contribution is 2.21. The Morgan fingerprint density at radius 1 is 1.19 bits per heavy atom. The van der Waals surface area contributed by atoms with Crippen LogP contribution in [0.15, 0.2) is 59.1 Å². The van der Waals surface area contributed by atoms with E-state index in [-0.39, 0.29) is 11.4 Å². The summed E-state index contributed by atoms with van der Waals surface area (Å²) in [5.74, 6) is 0.650. The van der Waals surface area contributed by atoms with Crippen molar-refractivity contribution in [3.8, 4) is 17.0 Å². The molecule has 2 heterocycles. The number of nitrogens with zero attached hydrogens (tertiary/aromatic N) is 2. The largest absolute Gasteiger partial charge is 0.494 e. The van der Waals surface area contributed by atoms with Crippen molar-refractivity contribution in [3.05, 3.63) is 59.2 Å². The van der Waals surface area contributed by atoms with Crippen LogP contribution in [0.1, 0.15) is 11.9 Å². The number of nitrogens with one attached hydrogen (secondary N) is 1. The molecule has 136 valence electrons. The second-order valence-corrected chi connectivity index (χ2v) is 8.13. The van der Waals surface area contributed by atoms with Crippen LogP contribution in [-0.4, -0.2) is 31.5 Å². The van der Waals surface area contributed by atoms with Crippen molar-refractivity contribution in [1.82, 2.24) is 14.7 Å². The molecule has 2 aromatic heterocycles. The zero-order valence-electron chi connectivity index (χ0n) is 14.3. The van der Waals surface area contributed by atoms with Crippen LogP contribution in [0.2, 0.25) is 0 Å². The lowest BCUT2D eigenvalue weighted by Gasteiger charge is -2.07. The molecule has 3 aromatic rings. The second kappa shape index (κ2) is 8.39. The molecule has 8 heteroatoms. The molecule has 0 aliphatic heterocycles. The van der Waals surface area contributed by atoms with Gasteiger partial charge >= 0.3 is 0 Å². The number of hydrogen-bond acceptors (Lipinski definition) is 6. The van der Waals surface area contributed by atoms with Gasteiger partial charge in [0.15, 0.2) is 0 Å². The van der Waals surface area contributed by atoms with E-state index in [2.05, 4.69) is 14.7 Å². The first-order chi connectivity index (χ1) is 12.6. The maximum absolute atomic E-state index is 12.3. The van der Waals surface area contributed by atoms with E-state index in [1.165, 1.54) is 23.5 Å². The van der Waals surface area contributed by atoms with Crippen molar-refractivity contribution in [3.63, 3.8) is 0 Å². The Morgan fingerprint density at radius 3 is 2.69 bits per heavy atom. The zero-order chi connectivity index (χ0) is 18.4. The fraction of sp³-hybridized carbons (Fsp3) is 0.222. The lowest BCUT2D eigenvalue weighted by molar-refractivity contribution is 0.340. The van der Waals surface area contributed by atoms with E-state index in [1.807, 2.05) is 24.4 Å². The average molecular weight is 390 g/mol. The Hall–Kier alpha value is -2.29. The minimum Gasteiger partial charge on any atom is -0.494 e. The fourth-order valence-electron chi connectivity index (χ4n) is 2.33. The van der Waals surface area contributed by atoms with Crippen LogP contribution in [0.3, 0.4) is 0 Å². The normalized spacial score (nSPS) is 11.4. The Kier molecular flexibility index (Phi) is 5.97. The molecule has 3 rings (SSSR count). The third-order valence-corrected chi connectivity index (χ3v) is 5.97. The summed E-state index contributed by atoms with van der Waals surface area (Å²) in [4.78, 5) is 8.83. The van der Waals surface area contributed by atoms with Gasteiger partial charge in [0, 0.05) is 36.3 Å². The molecule has 1 N–H and O–H groups in total. The molecule has 0 fully saturated rings. The van der Waals surface area contributed by atoms with Crippen LogP contribution in [0.4, 0.5) is 0 Å². The maximum atomic E-state index is 12.3. The number of rotatable bonds is 8. The highest BCUT2D eigenvalue weighted by molar-refractivity contribution is 7.89. The summed E-state index contributed by atoms with van der Waals surface area (Å²) < 4.78 is 32.6. The van der Waals surface area contributed by atoms with Crippen molar-refractivity contribution in [1.29, 1.82) is 0 Å². The van der Waals surface area contributed by atoms with E-state index < -0.39 is 10.0 Å². The summed E-state index contributed by atoms with van der Waals surface area (Å²) in [5, 5.41) is 2.83. The fourth-order valence-corrected chi connectivity index (χ4v) is 4.17. The van der Waals surface area contributed by atoms with E-state index in [1.54, 1.807) is 24.5 Å². The number of sulfonamides is 1. The molecule has 0 aliphatic carbocycles. The highest BCUT2D eigenvalue weighted by Gasteiger charge is 2.14. The molecule has 0 atom stereocenters. The van der Waals surface area contributed by atoms with Gasteiger partial charge in [-0.05, 0) is 43.3 Å². The predicted molar refractivity (Wildman–Crippen MR) is 102 cm³/mol. The van der Waals surface area contributed by atoms with Crippen LogP contribution in [-0.2, 0) is 16.4 Å². The van der Waals surface area contributed by atoms with Gasteiger partial charge in [-0.15, -0.1) is 11.3 Å². The Morgan fingerprint density at radius 2 is 2.00 bits per heavy atom. The number of ether oxygens (including phenoxy) is 1. The summed E-state index contributed by atoms with van der Waals surface area (Å²) in [7, 11) is -3.55. The third kappa shape index (κ3) is 4.66. The molecule has 0 radical (unpaired) electrons. The van der Waals surface area contributed by atoms with Crippen molar-refractivity contribution >= 4 is 21.4 Å². The third-order valence-electron chi connectivity index (χ3n) is 3.59. The minimum absolute atomic E-state index is 0.219. The zero-order valence-corrected chi connectivity index (χ0v) is 15.9. The van der Waals surface area contributed by atoms with Crippen LogP contribution >= 0.6 is 11.3 Å². The topological polar surface area (TPSA) is 81.2 Å². The number of benzene rings is 1. The van der Waals surface area contributed by atoms with Crippen LogP contribution in [0.5, 0.6) is 5.75 Å². The molecule has 6 nitrogen and oxygen atoms in total. The molecule has 0 aliphatic rings. The number of aromatic nitrogens is 2. The molecule has 26 heavy (non-hydrogen) atoms. The monoisotopic (exact) mass is 389 g/mol. The molecule has 0 spiro atoms. The van der Waals surface area contributed by atoms with Crippen molar-refractivity contribution in [2.45, 2.75) is 18.2 Å². The number of thiazole rings is 1. The first kappa shape index (κ1) is 18.5. The standard InChI is InChI=1S/C18H19N3O3S2/c1-2-24-15-5-7-16(8-6-15)26(22,23)20-11-9-18-21-17(13-25-18)14-4-3-10-19-12-14/h3-8,10,12-13,20H,2,9,11H2,1H3. The maximum Gasteiger partial charge on any atom is 0.240 e. The summed E-state index contributed by atoms with van der Waals surface area (Å²) in [5.41, 5.74) is 1.80. The first-order valence-corrected chi connectivity index (χ1v) is 10.5. The van der Waals surface area contributed by atoms with Gasteiger partial charge < -0.3 is 4.74 Å². The quantitative estimate of drug-likeness (QED) is 0.640. The van der Waals surface area contributed by atoms with Gasteiger partial charge in [0.2, 0.25) is 10.0 Å². The van der Waals surface area contributed by atoms with Gasteiger partial charge in [-0.25, -0.2) is 18.1 Å². The van der Waals surface area contributed by atoms with Gasteiger partial charge in [-0.3, -0.25) is 4.98 Å². The summed E-state index contributed by atoms with van der Waals surface area (Å²) in [6, 6.07) is 10.2. The lowest BCUT2D eigenvalue weighted by atomic mass is 10.2. The van der Waals surface area contributed by atoms with Gasteiger partial charge in [0.05, 0.1) is 22.2 Å². The van der Waals surface area contributed by atoms with Gasteiger partial charge in [-0.1, -0.05) is 0 Å². The Labute approximate surface area is 157 Å². The van der Waals surface area contributed by atoms with Crippen LogP contribution in [0.25, 0.3) is 11.3 Å². The van der Waals surface area contributed by atoms with E-state index in [0.717, 1.165) is 16.3 Å². The second-order valence-electron chi connectivity index (χ2n) is 5.42. The molecule has 0 saturated heterocycles. The molecule has 0 unspecified atom stereocenters. The molecular weight excluding hydrogens is 370 g/mol. The van der Waals surface area contributed by atoms with Crippen molar-refractivity contribution in [2.75, 3.05) is 13.2 Å². The SMILES string of the molecule is CCOc1ccc(S(=O)(=O)NCCc2nc(-c3cccnc3)cs2)cc1. The molecule has 0 saturated carbocycles. The Balaban J connectivity index is 1.58. The summed E-state index contributed by atoms with van der Waals surface area (Å²) in [6.45, 7) is 2.71. The van der Waals surface area contributed by atoms with Gasteiger partial charge in [-0.2, -0.15) is 0 Å². The number of hydrogen-bond donors (Lipinski definition) is 1. The molecule has 0 amide bonds. The van der Waals surface area contributed by atoms with E-state index in [4.69, 9.17) is 4.74 Å². The van der Waals surface area contributed by atoms with Crippen molar-refractivity contribution in [2.24, 2.45) is 0 Å². The van der Waals surface area contributed by atoms with E-state index in [9.17, 15) is 8.42 Å². The highest BCUT2D eigenvalue weighted by atomic mass is 32.2. The van der Waals surface area contributed by atoms with E-state index in [0.29, 0.717) is 18.8 Å².